The number of benzene rings is 2. The summed E-state index contributed by atoms with van der Waals surface area (Å²) in [6.07, 6.45) is 0.656. The Labute approximate surface area is 150 Å². The van der Waals surface area contributed by atoms with Crippen molar-refractivity contribution in [2.75, 3.05) is 18.5 Å². The molecule has 0 saturated carbocycles. The molecule has 0 bridgehead atoms. The van der Waals surface area contributed by atoms with Gasteiger partial charge in [-0.05, 0) is 48.4 Å². The van der Waals surface area contributed by atoms with Crippen molar-refractivity contribution in [1.29, 1.82) is 0 Å². The number of rotatable bonds is 6. The van der Waals surface area contributed by atoms with Crippen LogP contribution >= 0.6 is 0 Å². The molecule has 1 heterocycles. The average molecular weight is 357 g/mol. The van der Waals surface area contributed by atoms with E-state index in [2.05, 4.69) is 10.6 Å². The van der Waals surface area contributed by atoms with Crippen LogP contribution in [0.1, 0.15) is 27.9 Å². The van der Waals surface area contributed by atoms with Crippen molar-refractivity contribution >= 4 is 17.5 Å². The highest BCUT2D eigenvalue weighted by Crippen LogP contribution is 2.24. The van der Waals surface area contributed by atoms with Crippen LogP contribution in [-0.2, 0) is 17.8 Å². The number of hydrogen-bond acceptors (Lipinski definition) is 4. The molecule has 2 aromatic carbocycles. The number of nitrogens with two attached hydrogens (primary N) is 1. The molecule has 136 valence electrons. The third-order valence-electron chi connectivity index (χ3n) is 4.20. The number of ether oxygens (including phenoxy) is 1. The maximum atomic E-state index is 14.5. The molecule has 6 nitrogen and oxygen atoms in total. The molecule has 0 aromatic heterocycles. The highest BCUT2D eigenvalue weighted by Gasteiger charge is 2.17. The van der Waals surface area contributed by atoms with Gasteiger partial charge in [-0.25, -0.2) is 4.39 Å². The van der Waals surface area contributed by atoms with Crippen molar-refractivity contribution < 1.29 is 18.7 Å². The standard InChI is InChI=1S/C19H20FN3O3/c20-18-15-6-8-22-11-13(15)4-5-16(18)23-17(24)7-9-26-14-3-1-2-12(10-14)19(21)25/h1-5,10,22H,6-9,11H2,(H2,21,25)(H,23,24). The molecule has 0 radical (unpaired) electrons. The number of amides is 2. The molecule has 26 heavy (non-hydrogen) atoms. The summed E-state index contributed by atoms with van der Waals surface area (Å²) in [7, 11) is 0. The van der Waals surface area contributed by atoms with Crippen LogP contribution in [-0.4, -0.2) is 25.0 Å². The lowest BCUT2D eigenvalue weighted by Crippen LogP contribution is -2.25. The summed E-state index contributed by atoms with van der Waals surface area (Å²) in [5.74, 6) is -0.816. The predicted molar refractivity (Wildman–Crippen MR) is 95.5 cm³/mol. The fraction of sp³-hybridized carbons (Fsp3) is 0.263. The Morgan fingerprint density at radius 3 is 2.92 bits per heavy atom. The van der Waals surface area contributed by atoms with Gasteiger partial charge in [0.15, 0.2) is 0 Å². The Hall–Kier alpha value is -2.93. The van der Waals surface area contributed by atoms with Gasteiger partial charge in [-0.15, -0.1) is 0 Å². The Bertz CT molecular complexity index is 839. The fourth-order valence-electron chi connectivity index (χ4n) is 2.84. The zero-order valence-electron chi connectivity index (χ0n) is 14.2. The first-order chi connectivity index (χ1) is 12.5. The molecule has 0 fully saturated rings. The maximum absolute atomic E-state index is 14.5. The molecule has 4 N–H and O–H groups in total. The van der Waals surface area contributed by atoms with E-state index < -0.39 is 5.91 Å². The van der Waals surface area contributed by atoms with E-state index in [4.69, 9.17) is 10.5 Å². The lowest BCUT2D eigenvalue weighted by molar-refractivity contribution is -0.116. The van der Waals surface area contributed by atoms with Gasteiger partial charge in [-0.2, -0.15) is 0 Å². The number of anilines is 1. The van der Waals surface area contributed by atoms with Gasteiger partial charge in [0, 0.05) is 12.1 Å². The lowest BCUT2D eigenvalue weighted by atomic mass is 9.99. The van der Waals surface area contributed by atoms with Gasteiger partial charge in [0.1, 0.15) is 11.6 Å². The molecule has 7 heteroatoms. The largest absolute Gasteiger partial charge is 0.493 e. The van der Waals surface area contributed by atoms with Gasteiger partial charge in [0.05, 0.1) is 18.7 Å². The normalized spacial score (nSPS) is 13.0. The molecule has 3 rings (SSSR count). The number of carbonyl (C=O) groups excluding carboxylic acids is 2. The minimum Gasteiger partial charge on any atom is -0.493 e. The summed E-state index contributed by atoms with van der Waals surface area (Å²) in [5, 5.41) is 5.77. The number of fused-ring (bicyclic) bond motifs is 1. The minimum absolute atomic E-state index is 0.0544. The predicted octanol–water partition coefficient (Wildman–Crippen LogP) is 1.98. The van der Waals surface area contributed by atoms with E-state index in [1.165, 1.54) is 6.07 Å². The summed E-state index contributed by atoms with van der Waals surface area (Å²) in [5.41, 5.74) is 7.30. The number of halogens is 1. The summed E-state index contributed by atoms with van der Waals surface area (Å²) in [6, 6.07) is 9.81. The minimum atomic E-state index is -0.550. The third-order valence-corrected chi connectivity index (χ3v) is 4.20. The average Bonchev–Trinajstić information content (AvgIpc) is 2.64. The number of hydrogen-bond donors (Lipinski definition) is 3. The van der Waals surface area contributed by atoms with Gasteiger partial charge in [0.25, 0.3) is 0 Å². The summed E-state index contributed by atoms with van der Waals surface area (Å²) in [4.78, 5) is 23.2. The monoisotopic (exact) mass is 357 g/mol. The summed E-state index contributed by atoms with van der Waals surface area (Å²) in [6.45, 7) is 1.46. The first-order valence-electron chi connectivity index (χ1n) is 8.38. The van der Waals surface area contributed by atoms with Gasteiger partial charge in [0.2, 0.25) is 11.8 Å². The van der Waals surface area contributed by atoms with E-state index in [0.29, 0.717) is 29.8 Å². The SMILES string of the molecule is NC(=O)c1cccc(OCCC(=O)Nc2ccc3c(c2F)CCNC3)c1. The van der Waals surface area contributed by atoms with E-state index in [1.54, 1.807) is 24.3 Å². The molecule has 0 spiro atoms. The van der Waals surface area contributed by atoms with Crippen molar-refractivity contribution in [3.63, 3.8) is 0 Å². The smallest absolute Gasteiger partial charge is 0.248 e. The first kappa shape index (κ1) is 17.9. The second-order valence-corrected chi connectivity index (χ2v) is 6.03. The van der Waals surface area contributed by atoms with E-state index in [0.717, 1.165) is 12.1 Å². The molecule has 0 unspecified atom stereocenters. The van der Waals surface area contributed by atoms with Gasteiger partial charge < -0.3 is 21.1 Å². The van der Waals surface area contributed by atoms with Crippen LogP contribution in [0, 0.1) is 5.82 Å². The molecule has 0 aliphatic carbocycles. The Kier molecular flexibility index (Phi) is 5.48. The Balaban J connectivity index is 1.55. The molecule has 1 aliphatic heterocycles. The van der Waals surface area contributed by atoms with E-state index in [-0.39, 0.29) is 30.4 Å². The molecule has 0 atom stereocenters. The van der Waals surface area contributed by atoms with Crippen molar-refractivity contribution in [3.8, 4) is 5.75 Å². The molecule has 2 aromatic rings. The topological polar surface area (TPSA) is 93.5 Å². The van der Waals surface area contributed by atoms with Crippen LogP contribution in [0.15, 0.2) is 36.4 Å². The Morgan fingerprint density at radius 2 is 2.12 bits per heavy atom. The zero-order valence-corrected chi connectivity index (χ0v) is 14.2. The van der Waals surface area contributed by atoms with E-state index in [9.17, 15) is 14.0 Å². The molecule has 1 aliphatic rings. The van der Waals surface area contributed by atoms with E-state index >= 15 is 0 Å². The van der Waals surface area contributed by atoms with Crippen LogP contribution in [0.25, 0.3) is 0 Å². The van der Waals surface area contributed by atoms with Crippen molar-refractivity contribution in [2.24, 2.45) is 5.73 Å². The molecule has 2 amide bonds. The fourth-order valence-corrected chi connectivity index (χ4v) is 2.84. The van der Waals surface area contributed by atoms with Crippen LogP contribution in [0.2, 0.25) is 0 Å². The molecular weight excluding hydrogens is 337 g/mol. The summed E-state index contributed by atoms with van der Waals surface area (Å²) < 4.78 is 20.0. The Morgan fingerprint density at radius 1 is 1.27 bits per heavy atom. The van der Waals surface area contributed by atoms with Crippen molar-refractivity contribution in [2.45, 2.75) is 19.4 Å². The lowest BCUT2D eigenvalue weighted by Gasteiger charge is -2.19. The molecule has 0 saturated heterocycles. The number of carbonyl (C=O) groups is 2. The molecular formula is C19H20FN3O3. The highest BCUT2D eigenvalue weighted by atomic mass is 19.1. The van der Waals surface area contributed by atoms with Crippen molar-refractivity contribution in [1.82, 2.24) is 5.32 Å². The van der Waals surface area contributed by atoms with Crippen LogP contribution in [0.5, 0.6) is 5.75 Å². The quantitative estimate of drug-likeness (QED) is 0.737. The highest BCUT2D eigenvalue weighted by molar-refractivity contribution is 5.93. The van der Waals surface area contributed by atoms with Crippen LogP contribution in [0.4, 0.5) is 10.1 Å². The summed E-state index contributed by atoms with van der Waals surface area (Å²) >= 11 is 0. The van der Waals surface area contributed by atoms with Crippen molar-refractivity contribution in [3.05, 3.63) is 58.9 Å². The van der Waals surface area contributed by atoms with Crippen LogP contribution in [0.3, 0.4) is 0 Å². The maximum Gasteiger partial charge on any atom is 0.248 e. The number of primary amides is 1. The van der Waals surface area contributed by atoms with Gasteiger partial charge in [-0.1, -0.05) is 12.1 Å². The first-order valence-corrected chi connectivity index (χ1v) is 8.38. The third kappa shape index (κ3) is 4.18. The second-order valence-electron chi connectivity index (χ2n) is 6.03. The van der Waals surface area contributed by atoms with Crippen LogP contribution < -0.4 is 21.1 Å². The number of nitrogens with one attached hydrogen (secondary N) is 2. The zero-order chi connectivity index (χ0) is 18.5. The second kappa shape index (κ2) is 7.97. The van der Waals surface area contributed by atoms with E-state index in [1.807, 2.05) is 6.07 Å². The van der Waals surface area contributed by atoms with Gasteiger partial charge in [-0.3, -0.25) is 9.59 Å². The van der Waals surface area contributed by atoms with Gasteiger partial charge >= 0.3 is 0 Å².